The zero-order chi connectivity index (χ0) is 24.1. The number of nitrogens with two attached hydrogens (primary N) is 1. The Morgan fingerprint density at radius 2 is 1.73 bits per heavy atom. The lowest BCUT2D eigenvalue weighted by molar-refractivity contribution is -0.121. The average molecular weight is 464 g/mol. The topological polar surface area (TPSA) is 137 Å². The summed E-state index contributed by atoms with van der Waals surface area (Å²) in [6.45, 7) is 3.36. The normalized spacial score (nSPS) is 13.8. The number of nitrogens with zero attached hydrogens (tertiary/aromatic N) is 1. The molecule has 1 aromatic carbocycles. The van der Waals surface area contributed by atoms with Crippen molar-refractivity contribution in [2.75, 3.05) is 53.2 Å². The van der Waals surface area contributed by atoms with Crippen LogP contribution in [0, 0.1) is 0 Å². The highest BCUT2D eigenvalue weighted by atomic mass is 16.5. The van der Waals surface area contributed by atoms with Crippen molar-refractivity contribution in [3.8, 4) is 0 Å². The Labute approximate surface area is 193 Å². The smallest absolute Gasteiger partial charge is 0.262 e. The number of benzene rings is 1. The van der Waals surface area contributed by atoms with Gasteiger partial charge in [-0.05, 0) is 30.9 Å². The minimum absolute atomic E-state index is 0.0436. The van der Waals surface area contributed by atoms with Gasteiger partial charge in [-0.2, -0.15) is 0 Å². The zero-order valence-electron chi connectivity index (χ0n) is 19.0. The van der Waals surface area contributed by atoms with E-state index in [0.29, 0.717) is 70.9 Å². The Kier molecular flexibility index (Phi) is 11.7. The standard InChI is InChI=1S/C23H33N3O7/c1-25-20(28)8-7-18(16-27)26-22(29)19-6-2-4-17(21(19)23(26)30)5-3-10-31-12-14-33-15-13-32-11-9-24/h2,4,6,16,18H,3,5,7-15,24H2,1H3,(H,25,28). The predicted molar refractivity (Wildman–Crippen MR) is 120 cm³/mol. The number of amides is 3. The number of aryl methyl sites for hydroxylation is 1. The summed E-state index contributed by atoms with van der Waals surface area (Å²) in [5, 5.41) is 2.47. The summed E-state index contributed by atoms with van der Waals surface area (Å²) < 4.78 is 16.2. The average Bonchev–Trinajstić information content (AvgIpc) is 3.08. The van der Waals surface area contributed by atoms with E-state index in [1.807, 2.05) is 0 Å². The third-order valence-corrected chi connectivity index (χ3v) is 5.21. The van der Waals surface area contributed by atoms with Crippen LogP contribution in [0.25, 0.3) is 0 Å². The monoisotopic (exact) mass is 463 g/mol. The number of rotatable bonds is 17. The largest absolute Gasteiger partial charge is 0.379 e. The second-order valence-corrected chi connectivity index (χ2v) is 7.46. The van der Waals surface area contributed by atoms with Crippen LogP contribution in [0.15, 0.2) is 18.2 Å². The molecule has 3 N–H and O–H groups in total. The number of fused-ring (bicyclic) bond motifs is 1. The van der Waals surface area contributed by atoms with E-state index in [2.05, 4.69) is 5.32 Å². The molecule has 1 atom stereocenters. The zero-order valence-corrected chi connectivity index (χ0v) is 19.0. The molecule has 1 heterocycles. The Morgan fingerprint density at radius 3 is 2.36 bits per heavy atom. The number of aldehydes is 1. The van der Waals surface area contributed by atoms with Crippen molar-refractivity contribution in [3.63, 3.8) is 0 Å². The molecule has 1 aliphatic rings. The van der Waals surface area contributed by atoms with Crippen LogP contribution in [-0.4, -0.2) is 88.2 Å². The van der Waals surface area contributed by atoms with E-state index in [1.165, 1.54) is 7.05 Å². The van der Waals surface area contributed by atoms with E-state index in [1.54, 1.807) is 18.2 Å². The first-order valence-electron chi connectivity index (χ1n) is 11.1. The molecule has 10 nitrogen and oxygen atoms in total. The highest BCUT2D eigenvalue weighted by molar-refractivity contribution is 6.23. The molecule has 182 valence electrons. The number of ether oxygens (including phenoxy) is 3. The lowest BCUT2D eigenvalue weighted by Gasteiger charge is -2.21. The highest BCUT2D eigenvalue weighted by Crippen LogP contribution is 2.29. The van der Waals surface area contributed by atoms with Gasteiger partial charge in [0, 0.05) is 26.6 Å². The predicted octanol–water partition coefficient (Wildman–Crippen LogP) is 0.317. The van der Waals surface area contributed by atoms with Gasteiger partial charge >= 0.3 is 0 Å². The van der Waals surface area contributed by atoms with Gasteiger partial charge in [-0.25, -0.2) is 0 Å². The van der Waals surface area contributed by atoms with Crippen LogP contribution in [-0.2, 0) is 30.2 Å². The molecule has 0 saturated carbocycles. The van der Waals surface area contributed by atoms with Crippen molar-refractivity contribution >= 4 is 24.0 Å². The van der Waals surface area contributed by atoms with Gasteiger partial charge in [-0.3, -0.25) is 19.3 Å². The lowest BCUT2D eigenvalue weighted by atomic mass is 9.99. The number of carbonyl (C=O) groups is 4. The molecule has 1 unspecified atom stereocenters. The molecule has 0 aromatic heterocycles. The second kappa shape index (κ2) is 14.5. The van der Waals surface area contributed by atoms with Gasteiger partial charge < -0.3 is 30.1 Å². The van der Waals surface area contributed by atoms with Crippen molar-refractivity contribution < 1.29 is 33.4 Å². The molecule has 1 aromatic rings. The lowest BCUT2D eigenvalue weighted by Crippen LogP contribution is -2.41. The van der Waals surface area contributed by atoms with Crippen molar-refractivity contribution in [2.24, 2.45) is 5.73 Å². The molecular formula is C23H33N3O7. The first-order chi connectivity index (χ1) is 16.0. The Morgan fingerprint density at radius 1 is 1.06 bits per heavy atom. The molecular weight excluding hydrogens is 430 g/mol. The van der Waals surface area contributed by atoms with E-state index in [4.69, 9.17) is 19.9 Å². The Bertz CT molecular complexity index is 815. The maximum absolute atomic E-state index is 13.0. The molecule has 3 amide bonds. The van der Waals surface area contributed by atoms with Gasteiger partial charge in [0.05, 0.1) is 50.2 Å². The second-order valence-electron chi connectivity index (χ2n) is 7.46. The first kappa shape index (κ1) is 26.6. The molecule has 2 rings (SSSR count). The van der Waals surface area contributed by atoms with Crippen molar-refractivity contribution in [2.45, 2.75) is 31.7 Å². The van der Waals surface area contributed by atoms with E-state index in [9.17, 15) is 19.2 Å². The molecule has 0 spiro atoms. The molecule has 33 heavy (non-hydrogen) atoms. The fourth-order valence-electron chi connectivity index (χ4n) is 3.53. The number of hydrogen-bond donors (Lipinski definition) is 2. The Balaban J connectivity index is 1.83. The Hall–Kier alpha value is -2.66. The minimum atomic E-state index is -0.980. The summed E-state index contributed by atoms with van der Waals surface area (Å²) in [6, 6.07) is 4.14. The number of nitrogens with one attached hydrogen (secondary N) is 1. The van der Waals surface area contributed by atoms with Crippen molar-refractivity contribution in [1.82, 2.24) is 10.2 Å². The maximum Gasteiger partial charge on any atom is 0.262 e. The summed E-state index contributed by atoms with van der Waals surface area (Å²) >= 11 is 0. The summed E-state index contributed by atoms with van der Waals surface area (Å²) in [5.74, 6) is -1.26. The van der Waals surface area contributed by atoms with E-state index in [0.717, 1.165) is 10.5 Å². The maximum atomic E-state index is 13.0. The molecule has 0 radical (unpaired) electrons. The summed E-state index contributed by atoms with van der Waals surface area (Å²) in [4.78, 5) is 49.9. The summed E-state index contributed by atoms with van der Waals surface area (Å²) in [7, 11) is 1.49. The molecule has 1 aliphatic heterocycles. The molecule has 0 fully saturated rings. The van der Waals surface area contributed by atoms with Gasteiger partial charge in [-0.15, -0.1) is 0 Å². The van der Waals surface area contributed by atoms with Gasteiger partial charge in [0.15, 0.2) is 0 Å². The van der Waals surface area contributed by atoms with Crippen LogP contribution in [0.2, 0.25) is 0 Å². The quantitative estimate of drug-likeness (QED) is 0.191. The molecule has 0 saturated heterocycles. The van der Waals surface area contributed by atoms with Gasteiger partial charge in [-0.1, -0.05) is 12.1 Å². The number of hydrogen-bond acceptors (Lipinski definition) is 8. The summed E-state index contributed by atoms with van der Waals surface area (Å²) in [5.41, 5.74) is 6.68. The number of imide groups is 1. The van der Waals surface area contributed by atoms with Crippen LogP contribution in [0.5, 0.6) is 0 Å². The molecule has 0 bridgehead atoms. The van der Waals surface area contributed by atoms with E-state index >= 15 is 0 Å². The van der Waals surface area contributed by atoms with Crippen LogP contribution in [0.1, 0.15) is 45.5 Å². The number of carbonyl (C=O) groups excluding carboxylic acids is 4. The minimum Gasteiger partial charge on any atom is -0.379 e. The first-order valence-corrected chi connectivity index (χ1v) is 11.1. The van der Waals surface area contributed by atoms with Crippen LogP contribution in [0.3, 0.4) is 0 Å². The highest BCUT2D eigenvalue weighted by Gasteiger charge is 2.41. The summed E-state index contributed by atoms with van der Waals surface area (Å²) in [6.07, 6.45) is 1.88. The van der Waals surface area contributed by atoms with Crippen LogP contribution < -0.4 is 11.1 Å². The van der Waals surface area contributed by atoms with E-state index in [-0.39, 0.29) is 24.3 Å². The third kappa shape index (κ3) is 7.71. The van der Waals surface area contributed by atoms with Crippen molar-refractivity contribution in [3.05, 3.63) is 34.9 Å². The van der Waals surface area contributed by atoms with Gasteiger partial charge in [0.2, 0.25) is 5.91 Å². The van der Waals surface area contributed by atoms with Crippen molar-refractivity contribution in [1.29, 1.82) is 0 Å². The van der Waals surface area contributed by atoms with Crippen LogP contribution in [0.4, 0.5) is 0 Å². The fraction of sp³-hybridized carbons (Fsp3) is 0.565. The van der Waals surface area contributed by atoms with Gasteiger partial charge in [0.25, 0.3) is 11.8 Å². The van der Waals surface area contributed by atoms with E-state index < -0.39 is 17.9 Å². The fourth-order valence-corrected chi connectivity index (χ4v) is 3.53. The molecule has 0 aliphatic carbocycles. The third-order valence-electron chi connectivity index (χ3n) is 5.21. The SMILES string of the molecule is CNC(=O)CCC(C=O)N1C(=O)c2cccc(CCCOCCOCCOCCN)c2C1=O. The van der Waals surface area contributed by atoms with Gasteiger partial charge in [0.1, 0.15) is 6.29 Å². The van der Waals surface area contributed by atoms with Crippen LogP contribution >= 0.6 is 0 Å². The molecule has 10 heteroatoms.